The van der Waals surface area contributed by atoms with Gasteiger partial charge in [0.1, 0.15) is 5.56 Å². The Morgan fingerprint density at radius 3 is 2.42 bits per heavy atom. The van der Waals surface area contributed by atoms with Gasteiger partial charge in [0.2, 0.25) is 0 Å². The lowest BCUT2D eigenvalue weighted by atomic mass is 9.82. The highest BCUT2D eigenvalue weighted by Gasteiger charge is 2.46. The van der Waals surface area contributed by atoms with Gasteiger partial charge in [-0.25, -0.2) is 8.42 Å². The smallest absolute Gasteiger partial charge is 0.365 e. The number of halogens is 3. The Bertz CT molecular complexity index is 1170. The number of amides is 1. The number of anilines is 2. The van der Waals surface area contributed by atoms with E-state index in [2.05, 4.69) is 21.4 Å². The molecule has 33 heavy (non-hydrogen) atoms. The summed E-state index contributed by atoms with van der Waals surface area (Å²) in [6.45, 7) is 0. The van der Waals surface area contributed by atoms with Gasteiger partial charge >= 0.3 is 5.51 Å². The number of carbonyl (C=O) groups excluding carboxylic acids is 1. The third-order valence-corrected chi connectivity index (χ3v) is 7.25. The van der Waals surface area contributed by atoms with Crippen LogP contribution in [0.1, 0.15) is 35.7 Å². The Balaban J connectivity index is 1.87. The van der Waals surface area contributed by atoms with E-state index in [1.54, 1.807) is 0 Å². The molecule has 0 saturated heterocycles. The average Bonchev–Trinajstić information content (AvgIpc) is 3.16. The van der Waals surface area contributed by atoms with Crippen LogP contribution in [0.25, 0.3) is 0 Å². The summed E-state index contributed by atoms with van der Waals surface area (Å²) >= 11 is 0. The Morgan fingerprint density at radius 1 is 1.27 bits per heavy atom. The Labute approximate surface area is 188 Å². The summed E-state index contributed by atoms with van der Waals surface area (Å²) < 4.78 is 62.7. The van der Waals surface area contributed by atoms with E-state index in [1.165, 1.54) is 10.9 Å². The van der Waals surface area contributed by atoms with Crippen molar-refractivity contribution in [1.82, 2.24) is 14.7 Å². The van der Waals surface area contributed by atoms with Crippen LogP contribution in [-0.2, 0) is 9.84 Å². The highest BCUT2D eigenvalue weighted by Crippen LogP contribution is 2.36. The zero-order chi connectivity index (χ0) is 24.6. The molecule has 3 N–H and O–H groups in total. The molecular formula is C20H23F3N6O3S. The van der Waals surface area contributed by atoms with Gasteiger partial charge in [-0.15, -0.1) is 0 Å². The van der Waals surface area contributed by atoms with Crippen molar-refractivity contribution >= 4 is 27.2 Å². The van der Waals surface area contributed by atoms with Crippen LogP contribution in [0.4, 0.5) is 24.7 Å². The minimum Gasteiger partial charge on any atom is -0.365 e. The highest BCUT2D eigenvalue weighted by atomic mass is 32.2. The van der Waals surface area contributed by atoms with E-state index in [1.807, 2.05) is 14.1 Å². The average molecular weight is 485 g/mol. The quantitative estimate of drug-likeness (QED) is 0.644. The van der Waals surface area contributed by atoms with E-state index < -0.39 is 26.1 Å². The maximum absolute atomic E-state index is 12.7. The SMILES string of the molecule is CN(C)C1CC[C@H](n2cc(C(N)=O)c(Nc3ccc(S(=O)(=O)C(F)(F)F)cc3)n2)[C@@H](C#N)C1. The molecule has 2 aromatic rings. The molecule has 0 spiro atoms. The molecule has 0 bridgehead atoms. The summed E-state index contributed by atoms with van der Waals surface area (Å²) in [5.41, 5.74) is 0.288. The number of nitrogens with zero attached hydrogens (tertiary/aromatic N) is 4. The van der Waals surface area contributed by atoms with Gasteiger partial charge < -0.3 is 16.0 Å². The predicted molar refractivity (Wildman–Crippen MR) is 113 cm³/mol. The zero-order valence-electron chi connectivity index (χ0n) is 17.9. The van der Waals surface area contributed by atoms with Gasteiger partial charge in [-0.2, -0.15) is 23.5 Å². The first kappa shape index (κ1) is 24.5. The molecule has 3 rings (SSSR count). The van der Waals surface area contributed by atoms with Crippen LogP contribution in [0, 0.1) is 17.2 Å². The van der Waals surface area contributed by atoms with Crippen molar-refractivity contribution in [3.05, 3.63) is 36.0 Å². The number of carbonyl (C=O) groups is 1. The normalized spacial score (nSPS) is 21.5. The van der Waals surface area contributed by atoms with Crippen LogP contribution in [0.3, 0.4) is 0 Å². The number of alkyl halides is 3. The molecule has 1 aliphatic rings. The van der Waals surface area contributed by atoms with Crippen LogP contribution >= 0.6 is 0 Å². The van der Waals surface area contributed by atoms with Gasteiger partial charge in [0.25, 0.3) is 15.7 Å². The maximum atomic E-state index is 12.7. The standard InChI is InChI=1S/C20H23F3N6O3S/c1-28(2)14-5-8-17(12(9-14)10-24)29-11-16(18(25)30)19(27-29)26-13-3-6-15(7-4-13)33(31,32)20(21,22)23/h3-4,6-7,11-12,14,17H,5,8-9H2,1-2H3,(H2,25,30)(H,26,27)/t12-,14?,17+/m1/s1. The van der Waals surface area contributed by atoms with Crippen molar-refractivity contribution in [3.8, 4) is 6.07 Å². The largest absolute Gasteiger partial charge is 0.501 e. The Kier molecular flexibility index (Phi) is 6.71. The van der Waals surface area contributed by atoms with Crippen LogP contribution in [0.5, 0.6) is 0 Å². The van der Waals surface area contributed by atoms with Gasteiger partial charge in [0.05, 0.1) is 22.9 Å². The van der Waals surface area contributed by atoms with E-state index in [9.17, 15) is 31.6 Å². The second-order valence-corrected chi connectivity index (χ2v) is 10.0. The van der Waals surface area contributed by atoms with Crippen molar-refractivity contribution in [2.45, 2.75) is 41.7 Å². The molecule has 1 saturated carbocycles. The number of nitrogens with two attached hydrogens (primary N) is 1. The van der Waals surface area contributed by atoms with Gasteiger partial charge in [-0.05, 0) is 57.6 Å². The number of nitriles is 1. The molecule has 9 nitrogen and oxygen atoms in total. The molecule has 1 aromatic heterocycles. The number of sulfone groups is 1. The summed E-state index contributed by atoms with van der Waals surface area (Å²) in [4.78, 5) is 13.1. The maximum Gasteiger partial charge on any atom is 0.501 e. The number of nitrogens with one attached hydrogen (secondary N) is 1. The first-order valence-corrected chi connectivity index (χ1v) is 11.5. The van der Waals surface area contributed by atoms with E-state index in [4.69, 9.17) is 5.73 Å². The summed E-state index contributed by atoms with van der Waals surface area (Å²) in [6.07, 6.45) is 3.57. The summed E-state index contributed by atoms with van der Waals surface area (Å²) in [5, 5.41) is 16.8. The lowest BCUT2D eigenvalue weighted by Gasteiger charge is -2.35. The predicted octanol–water partition coefficient (Wildman–Crippen LogP) is 2.81. The molecule has 3 atom stereocenters. The van der Waals surface area contributed by atoms with Crippen LogP contribution in [-0.4, -0.2) is 54.7 Å². The minimum absolute atomic E-state index is 0.0356. The van der Waals surface area contributed by atoms with Gasteiger partial charge in [-0.1, -0.05) is 0 Å². The van der Waals surface area contributed by atoms with Crippen LogP contribution < -0.4 is 11.1 Å². The summed E-state index contributed by atoms with van der Waals surface area (Å²) in [7, 11) is -1.57. The van der Waals surface area contributed by atoms with Gasteiger partial charge in [0.15, 0.2) is 5.82 Å². The third-order valence-electron chi connectivity index (χ3n) is 5.75. The number of aromatic nitrogens is 2. The topological polar surface area (TPSA) is 134 Å². The molecule has 1 heterocycles. The fraction of sp³-hybridized carbons (Fsp3) is 0.450. The molecule has 1 amide bonds. The molecular weight excluding hydrogens is 461 g/mol. The van der Waals surface area contributed by atoms with Gasteiger partial charge in [0, 0.05) is 17.9 Å². The number of rotatable bonds is 6. The number of hydrogen-bond donors (Lipinski definition) is 2. The fourth-order valence-electron chi connectivity index (χ4n) is 3.88. The molecule has 1 aliphatic carbocycles. The van der Waals surface area contributed by atoms with Crippen molar-refractivity contribution in [3.63, 3.8) is 0 Å². The summed E-state index contributed by atoms with van der Waals surface area (Å²) in [5.74, 6) is -1.07. The molecule has 0 radical (unpaired) electrons. The van der Waals surface area contributed by atoms with Crippen molar-refractivity contribution in [2.75, 3.05) is 19.4 Å². The number of primary amides is 1. The zero-order valence-corrected chi connectivity index (χ0v) is 18.7. The molecule has 1 fully saturated rings. The third kappa shape index (κ3) is 4.96. The van der Waals surface area contributed by atoms with Crippen molar-refractivity contribution in [2.24, 2.45) is 11.7 Å². The molecule has 1 unspecified atom stereocenters. The molecule has 1 aromatic carbocycles. The summed E-state index contributed by atoms with van der Waals surface area (Å²) in [6, 6.07) is 6.14. The van der Waals surface area contributed by atoms with E-state index >= 15 is 0 Å². The lowest BCUT2D eigenvalue weighted by molar-refractivity contribution is -0.0436. The van der Waals surface area contributed by atoms with E-state index in [0.29, 0.717) is 12.8 Å². The lowest BCUT2D eigenvalue weighted by Crippen LogP contribution is -2.37. The second-order valence-electron chi connectivity index (χ2n) is 8.07. The van der Waals surface area contributed by atoms with Crippen molar-refractivity contribution in [1.29, 1.82) is 5.26 Å². The van der Waals surface area contributed by atoms with Crippen LogP contribution in [0.2, 0.25) is 0 Å². The molecule has 178 valence electrons. The molecule has 13 heteroatoms. The highest BCUT2D eigenvalue weighted by molar-refractivity contribution is 7.92. The van der Waals surface area contributed by atoms with Crippen LogP contribution in [0.15, 0.2) is 35.4 Å². The number of hydrogen-bond acceptors (Lipinski definition) is 7. The Hall–Kier alpha value is -3.11. The van der Waals surface area contributed by atoms with Gasteiger partial charge in [-0.3, -0.25) is 9.48 Å². The minimum atomic E-state index is -5.47. The fourth-order valence-corrected chi connectivity index (χ4v) is 4.64. The second kappa shape index (κ2) is 9.03. The first-order valence-electron chi connectivity index (χ1n) is 9.98. The molecule has 0 aliphatic heterocycles. The van der Waals surface area contributed by atoms with E-state index in [-0.39, 0.29) is 35.1 Å². The van der Waals surface area contributed by atoms with E-state index in [0.717, 1.165) is 30.7 Å². The Morgan fingerprint density at radius 2 is 1.91 bits per heavy atom. The monoisotopic (exact) mass is 484 g/mol. The first-order chi connectivity index (χ1) is 15.3. The number of benzene rings is 1. The van der Waals surface area contributed by atoms with Crippen molar-refractivity contribution < 1.29 is 26.4 Å².